The molecule has 2 aliphatic rings. The van der Waals surface area contributed by atoms with Crippen LogP contribution in [-0.4, -0.2) is 44.3 Å². The summed E-state index contributed by atoms with van der Waals surface area (Å²) in [6.45, 7) is 1.04. The molecule has 0 spiro atoms. The Bertz CT molecular complexity index is 381. The number of rotatable bonds is 6. The molecule has 0 bridgehead atoms. The first-order chi connectivity index (χ1) is 9.59. The van der Waals surface area contributed by atoms with Gasteiger partial charge in [0.05, 0.1) is 5.75 Å². The lowest BCUT2D eigenvalue weighted by atomic mass is 9.96. The van der Waals surface area contributed by atoms with Gasteiger partial charge in [0.15, 0.2) is 0 Å². The molecule has 3 unspecified atom stereocenters. The zero-order valence-electron chi connectivity index (χ0n) is 12.4. The first-order valence-electron chi connectivity index (χ1n) is 7.85. The molecule has 0 amide bonds. The molecule has 2 N–H and O–H groups in total. The molecule has 0 radical (unpaired) electrons. The van der Waals surface area contributed by atoms with E-state index in [0.29, 0.717) is 11.3 Å². The Morgan fingerprint density at radius 1 is 1.20 bits per heavy atom. The van der Waals surface area contributed by atoms with Crippen molar-refractivity contribution in [2.24, 2.45) is 0 Å². The Hall–Kier alpha value is 0.220. The lowest BCUT2D eigenvalue weighted by molar-refractivity contribution is 0.389. The molecule has 6 heteroatoms. The van der Waals surface area contributed by atoms with Crippen LogP contribution in [0, 0.1) is 0 Å². The highest BCUT2D eigenvalue weighted by atomic mass is 32.2. The van der Waals surface area contributed by atoms with Crippen LogP contribution in [0.4, 0.5) is 0 Å². The van der Waals surface area contributed by atoms with Crippen LogP contribution in [0.3, 0.4) is 0 Å². The average Bonchev–Trinajstić information content (AvgIpc) is 2.46. The average molecular weight is 321 g/mol. The summed E-state index contributed by atoms with van der Waals surface area (Å²) in [5.41, 5.74) is 0. The standard InChI is InChI=1S/C14H28N2O2S2/c1-19-14-7-4-6-13(11-14)16-20(17,18)10-8-12-5-2-3-9-15-12/h12-16H,2-11H2,1H3. The Balaban J connectivity index is 1.75. The highest BCUT2D eigenvalue weighted by Gasteiger charge is 2.25. The zero-order valence-corrected chi connectivity index (χ0v) is 14.1. The third-order valence-electron chi connectivity index (χ3n) is 4.45. The lowest BCUT2D eigenvalue weighted by Gasteiger charge is -2.29. The summed E-state index contributed by atoms with van der Waals surface area (Å²) in [5, 5.41) is 4.04. The van der Waals surface area contributed by atoms with E-state index in [1.165, 1.54) is 19.3 Å². The van der Waals surface area contributed by atoms with E-state index in [4.69, 9.17) is 0 Å². The quantitative estimate of drug-likeness (QED) is 0.787. The van der Waals surface area contributed by atoms with Crippen molar-refractivity contribution >= 4 is 21.8 Å². The summed E-state index contributed by atoms with van der Waals surface area (Å²) in [5.74, 6) is 0.269. The minimum Gasteiger partial charge on any atom is -0.314 e. The topological polar surface area (TPSA) is 58.2 Å². The van der Waals surface area contributed by atoms with E-state index >= 15 is 0 Å². The summed E-state index contributed by atoms with van der Waals surface area (Å²) >= 11 is 1.87. The van der Waals surface area contributed by atoms with E-state index in [2.05, 4.69) is 16.3 Å². The molecule has 1 heterocycles. The molecule has 1 aliphatic heterocycles. The summed E-state index contributed by atoms with van der Waals surface area (Å²) in [6, 6.07) is 0.552. The van der Waals surface area contributed by atoms with E-state index < -0.39 is 10.0 Å². The van der Waals surface area contributed by atoms with Crippen LogP contribution >= 0.6 is 11.8 Å². The first-order valence-corrected chi connectivity index (χ1v) is 10.8. The lowest BCUT2D eigenvalue weighted by Crippen LogP contribution is -2.42. The summed E-state index contributed by atoms with van der Waals surface area (Å²) < 4.78 is 27.3. The molecule has 0 aromatic carbocycles. The molecule has 118 valence electrons. The summed E-state index contributed by atoms with van der Waals surface area (Å²) in [6.07, 6.45) is 10.8. The predicted octanol–water partition coefficient (Wildman–Crippen LogP) is 2.11. The maximum absolute atomic E-state index is 12.2. The van der Waals surface area contributed by atoms with Gasteiger partial charge in [-0.25, -0.2) is 13.1 Å². The minimum atomic E-state index is -3.11. The van der Waals surface area contributed by atoms with Crippen molar-refractivity contribution < 1.29 is 8.42 Å². The Kier molecular flexibility index (Phi) is 6.65. The highest BCUT2D eigenvalue weighted by molar-refractivity contribution is 7.99. The van der Waals surface area contributed by atoms with E-state index in [9.17, 15) is 8.42 Å². The van der Waals surface area contributed by atoms with Crippen LogP contribution in [0.25, 0.3) is 0 Å². The van der Waals surface area contributed by atoms with E-state index in [-0.39, 0.29) is 11.8 Å². The number of sulfonamides is 1. The second-order valence-corrected chi connectivity index (χ2v) is 9.10. The van der Waals surface area contributed by atoms with Crippen molar-refractivity contribution in [1.82, 2.24) is 10.0 Å². The number of hydrogen-bond donors (Lipinski definition) is 2. The Labute approximate surface area is 127 Å². The highest BCUT2D eigenvalue weighted by Crippen LogP contribution is 2.27. The predicted molar refractivity (Wildman–Crippen MR) is 86.7 cm³/mol. The summed E-state index contributed by atoms with van der Waals surface area (Å²) in [7, 11) is -3.11. The molecular weight excluding hydrogens is 292 g/mol. The Morgan fingerprint density at radius 3 is 2.75 bits per heavy atom. The maximum Gasteiger partial charge on any atom is 0.211 e. The maximum atomic E-state index is 12.2. The summed E-state index contributed by atoms with van der Waals surface area (Å²) in [4.78, 5) is 0. The van der Waals surface area contributed by atoms with Crippen LogP contribution in [-0.2, 0) is 10.0 Å². The van der Waals surface area contributed by atoms with E-state index in [1.54, 1.807) is 0 Å². The van der Waals surface area contributed by atoms with Crippen LogP contribution in [0.15, 0.2) is 0 Å². The second kappa shape index (κ2) is 8.01. The van der Waals surface area contributed by atoms with Gasteiger partial charge in [-0.1, -0.05) is 12.8 Å². The van der Waals surface area contributed by atoms with Gasteiger partial charge in [0, 0.05) is 17.3 Å². The van der Waals surface area contributed by atoms with Crippen LogP contribution < -0.4 is 10.0 Å². The van der Waals surface area contributed by atoms with Gasteiger partial charge in [-0.15, -0.1) is 0 Å². The molecule has 0 aromatic rings. The van der Waals surface area contributed by atoms with Crippen molar-refractivity contribution in [2.45, 2.75) is 68.7 Å². The van der Waals surface area contributed by atoms with Crippen molar-refractivity contribution in [2.75, 3.05) is 18.6 Å². The SMILES string of the molecule is CSC1CCCC(NS(=O)(=O)CCC2CCCCN2)C1. The largest absolute Gasteiger partial charge is 0.314 e. The monoisotopic (exact) mass is 320 g/mol. The zero-order chi connectivity index (χ0) is 14.4. The van der Waals surface area contributed by atoms with Crippen LogP contribution in [0.1, 0.15) is 51.4 Å². The van der Waals surface area contributed by atoms with Gasteiger partial charge in [-0.3, -0.25) is 0 Å². The molecule has 1 saturated heterocycles. The molecule has 20 heavy (non-hydrogen) atoms. The smallest absolute Gasteiger partial charge is 0.211 e. The molecule has 1 aliphatic carbocycles. The van der Waals surface area contributed by atoms with Crippen LogP contribution in [0.5, 0.6) is 0 Å². The fourth-order valence-corrected chi connectivity index (χ4v) is 5.51. The first kappa shape index (κ1) is 16.6. The molecule has 2 fully saturated rings. The number of nitrogens with one attached hydrogen (secondary N) is 2. The molecular formula is C14H28N2O2S2. The van der Waals surface area contributed by atoms with Gasteiger partial charge in [0.25, 0.3) is 0 Å². The Morgan fingerprint density at radius 2 is 2.05 bits per heavy atom. The van der Waals surface area contributed by atoms with Crippen molar-refractivity contribution in [3.8, 4) is 0 Å². The molecule has 0 aromatic heterocycles. The number of hydrogen-bond acceptors (Lipinski definition) is 4. The third-order valence-corrected chi connectivity index (χ3v) is 7.01. The van der Waals surface area contributed by atoms with Crippen molar-refractivity contribution in [3.05, 3.63) is 0 Å². The second-order valence-electron chi connectivity index (χ2n) is 6.09. The molecule has 1 saturated carbocycles. The van der Waals surface area contributed by atoms with Gasteiger partial charge in [-0.2, -0.15) is 11.8 Å². The van der Waals surface area contributed by atoms with Crippen LogP contribution in [0.2, 0.25) is 0 Å². The van der Waals surface area contributed by atoms with E-state index in [1.807, 2.05) is 11.8 Å². The third kappa shape index (κ3) is 5.54. The molecule has 4 nitrogen and oxygen atoms in total. The number of thioether (sulfide) groups is 1. The van der Waals surface area contributed by atoms with Gasteiger partial charge >= 0.3 is 0 Å². The van der Waals surface area contributed by atoms with Gasteiger partial charge in [0.1, 0.15) is 0 Å². The van der Waals surface area contributed by atoms with Gasteiger partial charge < -0.3 is 5.32 Å². The normalized spacial score (nSPS) is 32.1. The van der Waals surface area contributed by atoms with Crippen molar-refractivity contribution in [1.29, 1.82) is 0 Å². The molecule has 3 atom stereocenters. The van der Waals surface area contributed by atoms with Crippen molar-refractivity contribution in [3.63, 3.8) is 0 Å². The molecule has 2 rings (SSSR count). The number of piperidine rings is 1. The fourth-order valence-electron chi connectivity index (χ4n) is 3.25. The van der Waals surface area contributed by atoms with Gasteiger partial charge in [0.2, 0.25) is 10.0 Å². The minimum absolute atomic E-state index is 0.158. The van der Waals surface area contributed by atoms with E-state index in [0.717, 1.165) is 38.6 Å². The fraction of sp³-hybridized carbons (Fsp3) is 1.00. The van der Waals surface area contributed by atoms with Gasteiger partial charge in [-0.05, 0) is 51.3 Å².